The third kappa shape index (κ3) is 3.18. The summed E-state index contributed by atoms with van der Waals surface area (Å²) < 4.78 is 33.1. The molecule has 0 heterocycles. The second kappa shape index (κ2) is 5.44. The highest BCUT2D eigenvalue weighted by molar-refractivity contribution is 5.90. The maximum Gasteiger partial charge on any atom is 0.387 e. The van der Waals surface area contributed by atoms with Crippen LogP contribution < -0.4 is 4.74 Å². The second-order valence-corrected chi connectivity index (χ2v) is 3.08. The summed E-state index contributed by atoms with van der Waals surface area (Å²) in [5, 5.41) is 0. The smallest absolute Gasteiger partial charge is 0.387 e. The topological polar surface area (TPSA) is 35.5 Å². The number of alkyl halides is 2. The first-order valence-corrected chi connectivity index (χ1v) is 4.77. The average Bonchev–Trinajstić information content (AvgIpc) is 2.21. The van der Waals surface area contributed by atoms with Crippen molar-refractivity contribution in [1.82, 2.24) is 0 Å². The maximum atomic E-state index is 12.0. The van der Waals surface area contributed by atoms with Crippen molar-refractivity contribution < 1.29 is 23.0 Å². The van der Waals surface area contributed by atoms with E-state index in [1.807, 2.05) is 0 Å². The Bertz CT molecular complexity index is 377. The fourth-order valence-electron chi connectivity index (χ4n) is 1.16. The van der Waals surface area contributed by atoms with Gasteiger partial charge in [-0.05, 0) is 31.5 Å². The molecule has 0 aliphatic heterocycles. The predicted molar refractivity (Wildman–Crippen MR) is 53.8 cm³/mol. The van der Waals surface area contributed by atoms with Gasteiger partial charge in [0.15, 0.2) is 0 Å². The molecule has 0 aliphatic carbocycles. The monoisotopic (exact) mass is 230 g/mol. The average molecular weight is 230 g/mol. The quantitative estimate of drug-likeness (QED) is 0.746. The van der Waals surface area contributed by atoms with Gasteiger partial charge in [0.25, 0.3) is 0 Å². The highest BCUT2D eigenvalue weighted by atomic mass is 19.3. The Morgan fingerprint density at radius 3 is 2.69 bits per heavy atom. The van der Waals surface area contributed by atoms with Crippen LogP contribution in [0.3, 0.4) is 0 Å². The van der Waals surface area contributed by atoms with E-state index in [1.165, 1.54) is 18.2 Å². The van der Waals surface area contributed by atoms with Crippen molar-refractivity contribution in [3.05, 3.63) is 29.3 Å². The lowest BCUT2D eigenvalue weighted by Crippen LogP contribution is -2.07. The van der Waals surface area contributed by atoms with Gasteiger partial charge in [0.2, 0.25) is 0 Å². The van der Waals surface area contributed by atoms with Crippen molar-refractivity contribution in [1.29, 1.82) is 0 Å². The molecule has 0 aliphatic rings. The normalized spacial score (nSPS) is 10.3. The zero-order valence-electron chi connectivity index (χ0n) is 9.00. The second-order valence-electron chi connectivity index (χ2n) is 3.08. The van der Waals surface area contributed by atoms with Gasteiger partial charge in [0.1, 0.15) is 5.75 Å². The van der Waals surface area contributed by atoms with Gasteiger partial charge in [0.05, 0.1) is 12.2 Å². The lowest BCUT2D eigenvalue weighted by Gasteiger charge is -2.09. The number of benzene rings is 1. The zero-order chi connectivity index (χ0) is 12.1. The molecule has 0 atom stereocenters. The van der Waals surface area contributed by atoms with Crippen molar-refractivity contribution in [3.8, 4) is 5.75 Å². The fraction of sp³-hybridized carbons (Fsp3) is 0.364. The number of aryl methyl sites for hydroxylation is 1. The van der Waals surface area contributed by atoms with Crippen LogP contribution in [0.1, 0.15) is 22.8 Å². The van der Waals surface area contributed by atoms with Gasteiger partial charge in [-0.1, -0.05) is 6.07 Å². The van der Waals surface area contributed by atoms with Gasteiger partial charge in [-0.3, -0.25) is 0 Å². The van der Waals surface area contributed by atoms with Crippen molar-refractivity contribution in [2.24, 2.45) is 0 Å². The van der Waals surface area contributed by atoms with Crippen LogP contribution in [0.2, 0.25) is 0 Å². The molecule has 5 heteroatoms. The molecule has 0 aromatic heterocycles. The first kappa shape index (κ1) is 12.4. The van der Waals surface area contributed by atoms with E-state index < -0.39 is 12.6 Å². The number of carbonyl (C=O) groups is 1. The van der Waals surface area contributed by atoms with E-state index in [4.69, 9.17) is 4.74 Å². The van der Waals surface area contributed by atoms with Gasteiger partial charge in [-0.25, -0.2) is 4.79 Å². The highest BCUT2D eigenvalue weighted by Gasteiger charge is 2.12. The lowest BCUT2D eigenvalue weighted by atomic mass is 10.1. The number of hydrogen-bond acceptors (Lipinski definition) is 3. The molecule has 16 heavy (non-hydrogen) atoms. The Morgan fingerprint density at radius 1 is 1.44 bits per heavy atom. The van der Waals surface area contributed by atoms with E-state index >= 15 is 0 Å². The Balaban J connectivity index is 2.93. The molecule has 0 bridgehead atoms. The fourth-order valence-corrected chi connectivity index (χ4v) is 1.16. The Kier molecular flexibility index (Phi) is 4.22. The molecule has 1 aromatic carbocycles. The van der Waals surface area contributed by atoms with E-state index in [0.717, 1.165) is 0 Å². The molecule has 88 valence electrons. The highest BCUT2D eigenvalue weighted by Crippen LogP contribution is 2.22. The maximum absolute atomic E-state index is 12.0. The van der Waals surface area contributed by atoms with Crippen LogP contribution in [0, 0.1) is 6.92 Å². The summed E-state index contributed by atoms with van der Waals surface area (Å²) in [4.78, 5) is 11.3. The number of carbonyl (C=O) groups excluding carboxylic acids is 1. The number of rotatable bonds is 4. The molecule has 0 N–H and O–H groups in total. The van der Waals surface area contributed by atoms with Crippen LogP contribution in [-0.4, -0.2) is 19.2 Å². The lowest BCUT2D eigenvalue weighted by molar-refractivity contribution is -0.0503. The summed E-state index contributed by atoms with van der Waals surface area (Å²) in [5.74, 6) is -0.567. The van der Waals surface area contributed by atoms with E-state index in [9.17, 15) is 13.6 Å². The molecule has 0 radical (unpaired) electrons. The summed E-state index contributed by atoms with van der Waals surface area (Å²) in [6, 6.07) is 4.29. The minimum atomic E-state index is -2.91. The summed E-state index contributed by atoms with van der Waals surface area (Å²) in [7, 11) is 0. The molecule has 0 amide bonds. The van der Waals surface area contributed by atoms with Gasteiger partial charge in [-0.2, -0.15) is 8.78 Å². The Hall–Kier alpha value is -1.65. The number of ether oxygens (including phenoxy) is 2. The molecule has 1 aromatic rings. The third-order valence-corrected chi connectivity index (χ3v) is 1.92. The predicted octanol–water partition coefficient (Wildman–Crippen LogP) is 2.77. The summed E-state index contributed by atoms with van der Waals surface area (Å²) >= 11 is 0. The van der Waals surface area contributed by atoms with Crippen molar-refractivity contribution >= 4 is 5.97 Å². The van der Waals surface area contributed by atoms with E-state index in [2.05, 4.69) is 4.74 Å². The summed E-state index contributed by atoms with van der Waals surface area (Å²) in [5.41, 5.74) is 0.733. The van der Waals surface area contributed by atoms with Crippen molar-refractivity contribution in [2.75, 3.05) is 6.61 Å². The van der Waals surface area contributed by atoms with E-state index in [1.54, 1.807) is 13.8 Å². The SMILES string of the molecule is CCOC(=O)c1ccc(C)c(OC(F)F)c1. The van der Waals surface area contributed by atoms with Crippen molar-refractivity contribution in [3.63, 3.8) is 0 Å². The Labute approximate surface area is 92.0 Å². The minimum Gasteiger partial charge on any atom is -0.462 e. The molecule has 0 unspecified atom stereocenters. The third-order valence-electron chi connectivity index (χ3n) is 1.92. The minimum absolute atomic E-state index is 0.0134. The summed E-state index contributed by atoms with van der Waals surface area (Å²) in [6.07, 6.45) is 0. The van der Waals surface area contributed by atoms with Gasteiger partial charge in [-0.15, -0.1) is 0 Å². The van der Waals surface area contributed by atoms with E-state index in [0.29, 0.717) is 5.56 Å². The molecule has 0 saturated carbocycles. The van der Waals surface area contributed by atoms with Gasteiger partial charge >= 0.3 is 12.6 Å². The molecule has 0 saturated heterocycles. The van der Waals surface area contributed by atoms with Crippen LogP contribution >= 0.6 is 0 Å². The summed E-state index contributed by atoms with van der Waals surface area (Å²) in [6.45, 7) is 0.615. The molecular formula is C11H12F2O3. The molecule has 0 fully saturated rings. The standard InChI is InChI=1S/C11H12F2O3/c1-3-15-10(14)8-5-4-7(2)9(6-8)16-11(12)13/h4-6,11H,3H2,1-2H3. The molecule has 1 rings (SSSR count). The largest absolute Gasteiger partial charge is 0.462 e. The van der Waals surface area contributed by atoms with E-state index in [-0.39, 0.29) is 17.9 Å². The van der Waals surface area contributed by atoms with Crippen LogP contribution in [0.4, 0.5) is 8.78 Å². The number of hydrogen-bond donors (Lipinski definition) is 0. The first-order chi connectivity index (χ1) is 7.54. The van der Waals surface area contributed by atoms with Crippen molar-refractivity contribution in [2.45, 2.75) is 20.5 Å². The molecular weight excluding hydrogens is 218 g/mol. The van der Waals surface area contributed by atoms with Gasteiger partial charge < -0.3 is 9.47 Å². The number of esters is 1. The van der Waals surface area contributed by atoms with Crippen LogP contribution in [-0.2, 0) is 4.74 Å². The molecule has 0 spiro atoms. The first-order valence-electron chi connectivity index (χ1n) is 4.77. The molecule has 3 nitrogen and oxygen atoms in total. The van der Waals surface area contributed by atoms with Crippen LogP contribution in [0.25, 0.3) is 0 Å². The van der Waals surface area contributed by atoms with Gasteiger partial charge in [0, 0.05) is 0 Å². The Morgan fingerprint density at radius 2 is 2.12 bits per heavy atom. The van der Waals surface area contributed by atoms with Crippen LogP contribution in [0.15, 0.2) is 18.2 Å². The number of halogens is 2. The van der Waals surface area contributed by atoms with Crippen LogP contribution in [0.5, 0.6) is 5.75 Å². The zero-order valence-corrected chi connectivity index (χ0v) is 9.00.